The first kappa shape index (κ1) is 15.0. The van der Waals surface area contributed by atoms with Gasteiger partial charge in [0.1, 0.15) is 0 Å². The third-order valence-electron chi connectivity index (χ3n) is 4.39. The summed E-state index contributed by atoms with van der Waals surface area (Å²) in [6.07, 6.45) is 7.23. The lowest BCUT2D eigenvalue weighted by atomic mass is 9.70. The van der Waals surface area contributed by atoms with E-state index in [1.807, 2.05) is 0 Å². The van der Waals surface area contributed by atoms with Gasteiger partial charge in [-0.2, -0.15) is 0 Å². The Bertz CT molecular complexity index is 198. The molecule has 1 N–H and O–H groups in total. The van der Waals surface area contributed by atoms with E-state index in [2.05, 4.69) is 39.9 Å². The lowest BCUT2D eigenvalue weighted by molar-refractivity contribution is 0.148. The van der Waals surface area contributed by atoms with Crippen LogP contribution in [0.2, 0.25) is 0 Å². The molecule has 1 aliphatic rings. The van der Waals surface area contributed by atoms with Crippen LogP contribution in [-0.2, 0) is 0 Å². The van der Waals surface area contributed by atoms with Gasteiger partial charge in [0, 0.05) is 6.04 Å². The van der Waals surface area contributed by atoms with Crippen molar-refractivity contribution in [3.63, 3.8) is 0 Å². The molecule has 0 amide bonds. The van der Waals surface area contributed by atoms with Crippen LogP contribution >= 0.6 is 0 Å². The number of rotatable bonds is 6. The quantitative estimate of drug-likeness (QED) is 0.721. The Morgan fingerprint density at radius 3 is 2.29 bits per heavy atom. The van der Waals surface area contributed by atoms with Crippen LogP contribution in [-0.4, -0.2) is 12.6 Å². The zero-order chi connectivity index (χ0) is 12.8. The Kier molecular flexibility index (Phi) is 6.54. The highest BCUT2D eigenvalue weighted by Gasteiger charge is 2.29. The van der Waals surface area contributed by atoms with Gasteiger partial charge >= 0.3 is 0 Å². The van der Waals surface area contributed by atoms with Gasteiger partial charge in [-0.15, -0.1) is 0 Å². The minimum Gasteiger partial charge on any atom is -0.314 e. The largest absolute Gasteiger partial charge is 0.314 e. The fourth-order valence-corrected chi connectivity index (χ4v) is 3.34. The maximum atomic E-state index is 3.65. The van der Waals surface area contributed by atoms with Crippen molar-refractivity contribution in [2.75, 3.05) is 6.54 Å². The molecule has 1 rings (SSSR count). The molecular weight excluding hydrogens is 206 g/mol. The highest BCUT2D eigenvalue weighted by Crippen LogP contribution is 2.38. The standard InChI is InChI=1S/C16H33N/c1-6-14-7-8-15(11-17-13(4)5)16(10-14)9-12(2)3/h12-17H,6-11H2,1-5H3. The van der Waals surface area contributed by atoms with Crippen LogP contribution in [0.15, 0.2) is 0 Å². The fraction of sp³-hybridized carbons (Fsp3) is 1.00. The molecule has 0 aromatic rings. The van der Waals surface area contributed by atoms with Gasteiger partial charge in [-0.1, -0.05) is 47.5 Å². The molecule has 0 spiro atoms. The minimum absolute atomic E-state index is 0.638. The minimum atomic E-state index is 0.638. The molecule has 0 aromatic carbocycles. The van der Waals surface area contributed by atoms with E-state index in [1.165, 1.54) is 38.6 Å². The third-order valence-corrected chi connectivity index (χ3v) is 4.39. The highest BCUT2D eigenvalue weighted by molar-refractivity contribution is 4.82. The molecule has 1 heteroatoms. The van der Waals surface area contributed by atoms with E-state index < -0.39 is 0 Å². The molecular formula is C16H33N. The average molecular weight is 239 g/mol. The Hall–Kier alpha value is -0.0400. The van der Waals surface area contributed by atoms with Crippen LogP contribution in [0.5, 0.6) is 0 Å². The molecule has 0 saturated heterocycles. The first-order valence-corrected chi connectivity index (χ1v) is 7.76. The van der Waals surface area contributed by atoms with Gasteiger partial charge in [-0.25, -0.2) is 0 Å². The van der Waals surface area contributed by atoms with E-state index in [4.69, 9.17) is 0 Å². The summed E-state index contributed by atoms with van der Waals surface area (Å²) < 4.78 is 0. The summed E-state index contributed by atoms with van der Waals surface area (Å²) in [7, 11) is 0. The SMILES string of the molecule is CCC1CCC(CNC(C)C)C(CC(C)C)C1. The number of hydrogen-bond acceptors (Lipinski definition) is 1. The molecule has 0 radical (unpaired) electrons. The first-order chi connectivity index (χ1) is 8.02. The maximum Gasteiger partial charge on any atom is 0.00104 e. The molecule has 1 fully saturated rings. The van der Waals surface area contributed by atoms with Crippen LogP contribution in [0, 0.1) is 23.7 Å². The van der Waals surface area contributed by atoms with Crippen molar-refractivity contribution in [1.82, 2.24) is 5.32 Å². The molecule has 0 aliphatic heterocycles. The Morgan fingerprint density at radius 2 is 1.76 bits per heavy atom. The van der Waals surface area contributed by atoms with Crippen LogP contribution in [0.4, 0.5) is 0 Å². The summed E-state index contributed by atoms with van der Waals surface area (Å²) in [6, 6.07) is 0.638. The summed E-state index contributed by atoms with van der Waals surface area (Å²) in [6.45, 7) is 12.9. The van der Waals surface area contributed by atoms with E-state index in [1.54, 1.807) is 0 Å². The monoisotopic (exact) mass is 239 g/mol. The van der Waals surface area contributed by atoms with Gasteiger partial charge < -0.3 is 5.32 Å². The van der Waals surface area contributed by atoms with Crippen molar-refractivity contribution in [3.05, 3.63) is 0 Å². The van der Waals surface area contributed by atoms with Gasteiger partial charge in [-0.3, -0.25) is 0 Å². The lowest BCUT2D eigenvalue weighted by Gasteiger charge is -2.37. The zero-order valence-corrected chi connectivity index (χ0v) is 12.6. The topological polar surface area (TPSA) is 12.0 Å². The van der Waals surface area contributed by atoms with Gasteiger partial charge in [0.25, 0.3) is 0 Å². The second-order valence-electron chi connectivity index (χ2n) is 6.80. The lowest BCUT2D eigenvalue weighted by Crippen LogP contribution is -2.36. The Balaban J connectivity index is 2.47. The van der Waals surface area contributed by atoms with E-state index in [9.17, 15) is 0 Å². The van der Waals surface area contributed by atoms with Gasteiger partial charge in [-0.05, 0) is 49.5 Å². The second-order valence-corrected chi connectivity index (χ2v) is 6.80. The van der Waals surface area contributed by atoms with Crippen LogP contribution in [0.1, 0.15) is 66.7 Å². The predicted octanol–water partition coefficient (Wildman–Crippen LogP) is 4.47. The summed E-state index contributed by atoms with van der Waals surface area (Å²) in [4.78, 5) is 0. The molecule has 0 aromatic heterocycles. The van der Waals surface area contributed by atoms with Crippen molar-refractivity contribution in [3.8, 4) is 0 Å². The van der Waals surface area contributed by atoms with Crippen molar-refractivity contribution >= 4 is 0 Å². The van der Waals surface area contributed by atoms with Gasteiger partial charge in [0.2, 0.25) is 0 Å². The molecule has 0 bridgehead atoms. The van der Waals surface area contributed by atoms with Gasteiger partial charge in [0.05, 0.1) is 0 Å². The summed E-state index contributed by atoms with van der Waals surface area (Å²) in [5, 5.41) is 3.65. The number of hydrogen-bond donors (Lipinski definition) is 1. The van der Waals surface area contributed by atoms with Crippen molar-refractivity contribution in [2.45, 2.75) is 72.8 Å². The number of nitrogens with one attached hydrogen (secondary N) is 1. The third kappa shape index (κ3) is 5.42. The van der Waals surface area contributed by atoms with Crippen molar-refractivity contribution < 1.29 is 0 Å². The molecule has 1 aliphatic carbocycles. The summed E-state index contributed by atoms with van der Waals surface area (Å²) in [5.74, 6) is 3.77. The first-order valence-electron chi connectivity index (χ1n) is 7.76. The highest BCUT2D eigenvalue weighted by atomic mass is 14.9. The van der Waals surface area contributed by atoms with E-state index in [0.717, 1.165) is 23.7 Å². The smallest absolute Gasteiger partial charge is 0.00104 e. The zero-order valence-electron chi connectivity index (χ0n) is 12.6. The van der Waals surface area contributed by atoms with Crippen LogP contribution < -0.4 is 5.32 Å². The molecule has 1 nitrogen and oxygen atoms in total. The summed E-state index contributed by atoms with van der Waals surface area (Å²) >= 11 is 0. The van der Waals surface area contributed by atoms with E-state index >= 15 is 0 Å². The van der Waals surface area contributed by atoms with Crippen molar-refractivity contribution in [2.24, 2.45) is 23.7 Å². The molecule has 3 atom stereocenters. The van der Waals surface area contributed by atoms with E-state index in [-0.39, 0.29) is 0 Å². The normalized spacial score (nSPS) is 30.2. The summed E-state index contributed by atoms with van der Waals surface area (Å²) in [5.41, 5.74) is 0. The Labute approximate surface area is 109 Å². The maximum absolute atomic E-state index is 3.65. The predicted molar refractivity (Wildman–Crippen MR) is 77.2 cm³/mol. The van der Waals surface area contributed by atoms with Crippen molar-refractivity contribution in [1.29, 1.82) is 0 Å². The molecule has 3 unspecified atom stereocenters. The average Bonchev–Trinajstić information content (AvgIpc) is 2.26. The van der Waals surface area contributed by atoms with Gasteiger partial charge in [0.15, 0.2) is 0 Å². The second kappa shape index (κ2) is 7.41. The van der Waals surface area contributed by atoms with Crippen LogP contribution in [0.25, 0.3) is 0 Å². The molecule has 102 valence electrons. The molecule has 0 heterocycles. The fourth-order valence-electron chi connectivity index (χ4n) is 3.34. The molecule has 17 heavy (non-hydrogen) atoms. The van der Waals surface area contributed by atoms with E-state index in [0.29, 0.717) is 6.04 Å². The molecule has 1 saturated carbocycles. The Morgan fingerprint density at radius 1 is 1.06 bits per heavy atom. The van der Waals surface area contributed by atoms with Crippen LogP contribution in [0.3, 0.4) is 0 Å².